The number of nitrogens with one attached hydrogen (secondary N) is 2. The van der Waals surface area contributed by atoms with Crippen molar-refractivity contribution >= 4 is 25.4 Å². The maximum atomic E-state index is 15.8. The predicted molar refractivity (Wildman–Crippen MR) is 155 cm³/mol. The van der Waals surface area contributed by atoms with E-state index in [0.717, 1.165) is 11.5 Å². The second-order valence-corrected chi connectivity index (χ2v) is 12.4. The monoisotopic (exact) mass is 626 g/mol. The first-order valence-electron chi connectivity index (χ1n) is 14.1. The smallest absolute Gasteiger partial charge is 0.459 e. The molecular weight excluding hydrogens is 586 g/mol. The van der Waals surface area contributed by atoms with Crippen LogP contribution in [0.5, 0.6) is 5.75 Å². The molecule has 1 aliphatic rings. The highest BCUT2D eigenvalue weighted by atomic mass is 31.2. The largest absolute Gasteiger partial charge is 0.462 e. The molecule has 0 saturated carbocycles. The normalized spacial score (nSPS) is 24.0. The summed E-state index contributed by atoms with van der Waals surface area (Å²) < 4.78 is 52.4. The number of aromatic nitrogens is 2. The van der Waals surface area contributed by atoms with Crippen molar-refractivity contribution in [1.82, 2.24) is 14.6 Å². The number of aliphatic hydroxyl groups is 1. The molecule has 0 radical (unpaired) electrons. The molecule has 0 unspecified atom stereocenters. The fourth-order valence-electron chi connectivity index (χ4n) is 4.41. The summed E-state index contributed by atoms with van der Waals surface area (Å²) in [6, 6.07) is 8.20. The van der Waals surface area contributed by atoms with E-state index >= 15 is 4.39 Å². The van der Waals surface area contributed by atoms with Crippen molar-refractivity contribution < 1.29 is 42.2 Å². The van der Waals surface area contributed by atoms with Crippen molar-refractivity contribution in [2.45, 2.75) is 90.6 Å². The molecule has 15 heteroatoms. The Balaban J connectivity index is 1.78. The summed E-state index contributed by atoms with van der Waals surface area (Å²) in [5.41, 5.74) is -3.44. The first-order valence-corrected chi connectivity index (χ1v) is 15.6. The zero-order valence-corrected chi connectivity index (χ0v) is 26.0. The number of carbonyl (C=O) groups is 2. The number of para-hydroxylation sites is 1. The van der Waals surface area contributed by atoms with Gasteiger partial charge in [0.1, 0.15) is 29.8 Å². The van der Waals surface area contributed by atoms with Crippen molar-refractivity contribution in [3.8, 4) is 5.75 Å². The van der Waals surface area contributed by atoms with Crippen LogP contribution >= 0.6 is 7.75 Å². The number of rotatable bonds is 14. The number of halogens is 1. The van der Waals surface area contributed by atoms with Crippen LogP contribution in [0.1, 0.15) is 60.6 Å². The summed E-state index contributed by atoms with van der Waals surface area (Å²) >= 11 is 0. The number of carbonyl (C=O) groups excluding carboxylic acids is 2. The number of nitrogens with zero attached hydrogens (tertiary/aromatic N) is 2. The Hall–Kier alpha value is -3.16. The second kappa shape index (κ2) is 14.5. The number of benzene rings is 1. The number of hydrogen-bond acceptors (Lipinski definition) is 10. The van der Waals surface area contributed by atoms with E-state index in [9.17, 15) is 24.1 Å². The fraction of sp³-hybridized carbons (Fsp3) is 0.571. The van der Waals surface area contributed by atoms with Gasteiger partial charge in [-0.15, -0.1) is 0 Å². The van der Waals surface area contributed by atoms with Crippen LogP contribution in [0.2, 0.25) is 0 Å². The third kappa shape index (κ3) is 8.70. The maximum absolute atomic E-state index is 15.8. The van der Waals surface area contributed by atoms with E-state index in [-0.39, 0.29) is 23.4 Å². The molecule has 1 aromatic heterocycles. The molecule has 6 atom stereocenters. The number of hydrogen-bond donors (Lipinski definition) is 3. The first-order chi connectivity index (χ1) is 20.2. The number of ether oxygens (including phenoxy) is 2. The molecule has 1 amide bonds. The van der Waals surface area contributed by atoms with Crippen LogP contribution in [0.3, 0.4) is 0 Å². The lowest BCUT2D eigenvalue weighted by atomic mass is 9.98. The fourth-order valence-corrected chi connectivity index (χ4v) is 5.91. The Kier molecular flexibility index (Phi) is 11.6. The van der Waals surface area contributed by atoms with Crippen LogP contribution in [0, 0.1) is 5.92 Å². The van der Waals surface area contributed by atoms with E-state index in [1.807, 2.05) is 13.8 Å². The van der Waals surface area contributed by atoms with E-state index in [2.05, 4.69) is 15.4 Å². The Morgan fingerprint density at radius 2 is 1.84 bits per heavy atom. The van der Waals surface area contributed by atoms with Gasteiger partial charge in [0, 0.05) is 12.1 Å². The zero-order chi connectivity index (χ0) is 31.9. The molecule has 1 saturated heterocycles. The summed E-state index contributed by atoms with van der Waals surface area (Å²) in [4.78, 5) is 41.4. The molecule has 3 N–H and O–H groups in total. The average Bonchev–Trinajstić information content (AvgIpc) is 3.16. The van der Waals surface area contributed by atoms with Crippen molar-refractivity contribution in [3.63, 3.8) is 0 Å². The third-order valence-corrected chi connectivity index (χ3v) is 8.49. The molecule has 0 bridgehead atoms. The van der Waals surface area contributed by atoms with Crippen LogP contribution in [-0.2, 0) is 28.2 Å². The highest BCUT2D eigenvalue weighted by molar-refractivity contribution is 7.52. The molecule has 1 aromatic carbocycles. The van der Waals surface area contributed by atoms with Gasteiger partial charge in [-0.25, -0.2) is 13.8 Å². The molecule has 238 valence electrons. The van der Waals surface area contributed by atoms with Crippen molar-refractivity contribution in [3.05, 3.63) is 53.1 Å². The van der Waals surface area contributed by atoms with Gasteiger partial charge in [-0.1, -0.05) is 32.0 Å². The van der Waals surface area contributed by atoms with Crippen LogP contribution < -0.4 is 20.6 Å². The minimum Gasteiger partial charge on any atom is -0.462 e. The van der Waals surface area contributed by atoms with Gasteiger partial charge in [0.15, 0.2) is 11.9 Å². The van der Waals surface area contributed by atoms with Crippen LogP contribution in [0.4, 0.5) is 10.2 Å². The Bertz CT molecular complexity index is 1350. The molecule has 0 spiro atoms. The Labute approximate surface area is 249 Å². The first kappa shape index (κ1) is 34.3. The summed E-state index contributed by atoms with van der Waals surface area (Å²) in [5, 5.41) is 15.9. The summed E-state index contributed by atoms with van der Waals surface area (Å²) in [7, 11) is -4.34. The Morgan fingerprint density at radius 1 is 1.19 bits per heavy atom. The highest BCUT2D eigenvalue weighted by Crippen LogP contribution is 2.47. The average molecular weight is 627 g/mol. The predicted octanol–water partition coefficient (Wildman–Crippen LogP) is 3.74. The number of aliphatic hydroxyl groups excluding tert-OH is 1. The third-order valence-electron chi connectivity index (χ3n) is 6.84. The van der Waals surface area contributed by atoms with Gasteiger partial charge in [-0.2, -0.15) is 10.1 Å². The van der Waals surface area contributed by atoms with Gasteiger partial charge in [0.05, 0.1) is 12.7 Å². The van der Waals surface area contributed by atoms with Gasteiger partial charge in [-0.05, 0) is 58.7 Å². The number of esters is 1. The molecular formula is C28H40FN4O9P. The molecule has 1 fully saturated rings. The van der Waals surface area contributed by atoms with E-state index in [1.165, 1.54) is 31.3 Å². The van der Waals surface area contributed by atoms with E-state index in [1.54, 1.807) is 32.0 Å². The van der Waals surface area contributed by atoms with Crippen molar-refractivity contribution in [1.29, 1.82) is 0 Å². The van der Waals surface area contributed by atoms with Gasteiger partial charge < -0.3 is 24.4 Å². The van der Waals surface area contributed by atoms with Gasteiger partial charge in [-0.3, -0.25) is 18.7 Å². The van der Waals surface area contributed by atoms with Gasteiger partial charge in [0.25, 0.3) is 0 Å². The lowest BCUT2D eigenvalue weighted by Crippen LogP contribution is -2.43. The maximum Gasteiger partial charge on any atom is 0.459 e. The van der Waals surface area contributed by atoms with E-state index in [0.29, 0.717) is 12.8 Å². The molecule has 2 aromatic rings. The lowest BCUT2D eigenvalue weighted by Gasteiger charge is -2.25. The SMILES string of the molecule is CCC(CC)C(=O)Nc1ccn([C@@H]2O[C@H](CO[P@@](=O)(N[C@@H](C)C(=O)OC(C)C)Oc3ccccc3)[C@@H](O)[C@@]2(C)F)c(=O)n1. The lowest BCUT2D eigenvalue weighted by molar-refractivity contribution is -0.149. The molecule has 1 aliphatic heterocycles. The molecule has 43 heavy (non-hydrogen) atoms. The molecule has 13 nitrogen and oxygen atoms in total. The van der Waals surface area contributed by atoms with Crippen LogP contribution in [-0.4, -0.2) is 63.2 Å². The molecule has 3 rings (SSSR count). The standard InChI is InChI=1S/C28H40FN4O9P/c1-7-19(8-2)24(35)30-22-14-15-33(27(37)31-22)26-28(6,29)23(34)21(41-26)16-39-43(38,42-20-12-10-9-11-13-20)32-18(5)25(36)40-17(3)4/h9-15,17-19,21,23,26,34H,7-8,16H2,1-6H3,(H,32,38)(H,30,31,35,37)/t18-,21+,23+,26+,28+,43-/m0/s1. The quantitative estimate of drug-likeness (QED) is 0.206. The zero-order valence-electron chi connectivity index (χ0n) is 25.1. The minimum absolute atomic E-state index is 0.00710. The van der Waals surface area contributed by atoms with Crippen LogP contribution in [0.25, 0.3) is 0 Å². The topological polar surface area (TPSA) is 167 Å². The summed E-state index contributed by atoms with van der Waals surface area (Å²) in [6.07, 6.45) is -2.89. The second-order valence-electron chi connectivity index (χ2n) is 10.7. The van der Waals surface area contributed by atoms with E-state index < -0.39 is 62.3 Å². The number of amides is 1. The Morgan fingerprint density at radius 3 is 2.42 bits per heavy atom. The summed E-state index contributed by atoms with van der Waals surface area (Å²) in [5.74, 6) is -1.12. The highest BCUT2D eigenvalue weighted by Gasteiger charge is 2.56. The van der Waals surface area contributed by atoms with E-state index in [4.69, 9.17) is 18.5 Å². The molecule has 0 aliphatic carbocycles. The van der Waals surface area contributed by atoms with Crippen molar-refractivity contribution in [2.75, 3.05) is 11.9 Å². The minimum atomic E-state index is -4.34. The van der Waals surface area contributed by atoms with Gasteiger partial charge >= 0.3 is 19.4 Å². The van der Waals surface area contributed by atoms with Crippen molar-refractivity contribution in [2.24, 2.45) is 5.92 Å². The molecule has 2 heterocycles. The van der Waals surface area contributed by atoms with Gasteiger partial charge in [0.2, 0.25) is 5.91 Å². The summed E-state index contributed by atoms with van der Waals surface area (Å²) in [6.45, 7) is 8.85. The number of alkyl halides is 1. The van der Waals surface area contributed by atoms with Crippen LogP contribution in [0.15, 0.2) is 47.4 Å². The number of anilines is 1.